The maximum absolute atomic E-state index is 10.5. The molecule has 2 rings (SSSR count). The fourth-order valence-electron chi connectivity index (χ4n) is 2.27. The molecule has 0 aromatic heterocycles. The second-order valence-electron chi connectivity index (χ2n) is 4.86. The Morgan fingerprint density at radius 1 is 0.800 bits per heavy atom. The van der Waals surface area contributed by atoms with E-state index < -0.39 is 6.10 Å². The molecule has 0 radical (unpaired) electrons. The van der Waals surface area contributed by atoms with E-state index in [0.717, 1.165) is 33.8 Å². The van der Waals surface area contributed by atoms with Gasteiger partial charge in [0.1, 0.15) is 17.6 Å². The van der Waals surface area contributed by atoms with Crippen molar-refractivity contribution in [3.8, 4) is 11.5 Å². The summed E-state index contributed by atoms with van der Waals surface area (Å²) in [6.07, 6.45) is -0.672. The van der Waals surface area contributed by atoms with E-state index in [4.69, 9.17) is 9.47 Å². The zero-order chi connectivity index (χ0) is 14.7. The molecule has 0 bridgehead atoms. The van der Waals surface area contributed by atoms with Gasteiger partial charge in [0.15, 0.2) is 0 Å². The summed E-state index contributed by atoms with van der Waals surface area (Å²) >= 11 is 0. The molecule has 0 fully saturated rings. The molecule has 0 aliphatic rings. The van der Waals surface area contributed by atoms with Crippen molar-refractivity contribution in [3.63, 3.8) is 0 Å². The number of aryl methyl sites for hydroxylation is 2. The Labute approximate surface area is 119 Å². The van der Waals surface area contributed by atoms with E-state index in [1.54, 1.807) is 14.2 Å². The average molecular weight is 272 g/mol. The summed E-state index contributed by atoms with van der Waals surface area (Å²) in [4.78, 5) is 0. The lowest BCUT2D eigenvalue weighted by Crippen LogP contribution is -2.01. The van der Waals surface area contributed by atoms with Crippen LogP contribution in [0.15, 0.2) is 36.4 Å². The highest BCUT2D eigenvalue weighted by molar-refractivity contribution is 5.43. The summed E-state index contributed by atoms with van der Waals surface area (Å²) in [5.41, 5.74) is 3.71. The molecule has 1 atom stereocenters. The van der Waals surface area contributed by atoms with E-state index in [1.807, 2.05) is 50.2 Å². The standard InChI is InChI=1S/C17H20O3/c1-11-5-6-14(10-16(11)20-4)17(18)13-7-8-15(19-3)12(2)9-13/h5-10,17-18H,1-4H3. The van der Waals surface area contributed by atoms with E-state index in [9.17, 15) is 5.11 Å². The fourth-order valence-corrected chi connectivity index (χ4v) is 2.27. The highest BCUT2D eigenvalue weighted by atomic mass is 16.5. The first-order valence-corrected chi connectivity index (χ1v) is 6.54. The van der Waals surface area contributed by atoms with Crippen LogP contribution >= 0.6 is 0 Å². The van der Waals surface area contributed by atoms with Gasteiger partial charge in [0.2, 0.25) is 0 Å². The van der Waals surface area contributed by atoms with Crippen molar-refractivity contribution < 1.29 is 14.6 Å². The third kappa shape index (κ3) is 2.78. The van der Waals surface area contributed by atoms with Gasteiger partial charge in [-0.1, -0.05) is 18.2 Å². The zero-order valence-electron chi connectivity index (χ0n) is 12.3. The summed E-state index contributed by atoms with van der Waals surface area (Å²) in [6, 6.07) is 11.4. The van der Waals surface area contributed by atoms with E-state index in [2.05, 4.69) is 0 Å². The lowest BCUT2D eigenvalue weighted by atomic mass is 9.98. The Bertz CT molecular complexity index is 605. The summed E-state index contributed by atoms with van der Waals surface area (Å²) in [5.74, 6) is 1.61. The van der Waals surface area contributed by atoms with Gasteiger partial charge in [-0.25, -0.2) is 0 Å². The summed E-state index contributed by atoms with van der Waals surface area (Å²) in [5, 5.41) is 10.5. The van der Waals surface area contributed by atoms with Crippen LogP contribution in [0, 0.1) is 13.8 Å². The van der Waals surface area contributed by atoms with Crippen molar-refractivity contribution in [1.29, 1.82) is 0 Å². The fraction of sp³-hybridized carbons (Fsp3) is 0.294. The molecule has 0 saturated carbocycles. The molecule has 1 unspecified atom stereocenters. The molecule has 0 heterocycles. The number of benzene rings is 2. The van der Waals surface area contributed by atoms with Crippen molar-refractivity contribution in [3.05, 3.63) is 58.7 Å². The lowest BCUT2D eigenvalue weighted by Gasteiger charge is -2.15. The number of hydrogen-bond donors (Lipinski definition) is 1. The van der Waals surface area contributed by atoms with Crippen LogP contribution in [0.25, 0.3) is 0 Å². The molecule has 0 amide bonds. The van der Waals surface area contributed by atoms with Gasteiger partial charge >= 0.3 is 0 Å². The van der Waals surface area contributed by atoms with Crippen LogP contribution < -0.4 is 9.47 Å². The first-order valence-electron chi connectivity index (χ1n) is 6.54. The van der Waals surface area contributed by atoms with Gasteiger partial charge in [0.05, 0.1) is 14.2 Å². The number of aliphatic hydroxyl groups excluding tert-OH is 1. The van der Waals surface area contributed by atoms with E-state index in [-0.39, 0.29) is 0 Å². The number of aliphatic hydroxyl groups is 1. The number of ether oxygens (including phenoxy) is 2. The van der Waals surface area contributed by atoms with Gasteiger partial charge < -0.3 is 14.6 Å². The summed E-state index contributed by atoms with van der Waals surface area (Å²) in [7, 11) is 3.28. The third-order valence-corrected chi connectivity index (χ3v) is 3.48. The summed E-state index contributed by atoms with van der Waals surface area (Å²) < 4.78 is 10.5. The molecular weight excluding hydrogens is 252 g/mol. The number of methoxy groups -OCH3 is 2. The van der Waals surface area contributed by atoms with Crippen molar-refractivity contribution in [2.75, 3.05) is 14.2 Å². The Balaban J connectivity index is 2.35. The highest BCUT2D eigenvalue weighted by Gasteiger charge is 2.13. The quantitative estimate of drug-likeness (QED) is 0.927. The third-order valence-electron chi connectivity index (χ3n) is 3.48. The molecular formula is C17H20O3. The minimum Gasteiger partial charge on any atom is -0.496 e. The van der Waals surface area contributed by atoms with Crippen molar-refractivity contribution in [2.24, 2.45) is 0 Å². The number of rotatable bonds is 4. The minimum absolute atomic E-state index is 0.672. The second kappa shape index (κ2) is 5.97. The molecule has 0 saturated heterocycles. The van der Waals surface area contributed by atoms with Gasteiger partial charge in [-0.15, -0.1) is 0 Å². The van der Waals surface area contributed by atoms with E-state index in [1.165, 1.54) is 0 Å². The second-order valence-corrected chi connectivity index (χ2v) is 4.86. The van der Waals surface area contributed by atoms with Gasteiger partial charge in [0.25, 0.3) is 0 Å². The van der Waals surface area contributed by atoms with Crippen LogP contribution in [0.4, 0.5) is 0 Å². The highest BCUT2D eigenvalue weighted by Crippen LogP contribution is 2.29. The first-order chi connectivity index (χ1) is 9.56. The Morgan fingerprint density at radius 2 is 1.40 bits per heavy atom. The van der Waals surface area contributed by atoms with Gasteiger partial charge in [-0.3, -0.25) is 0 Å². The van der Waals surface area contributed by atoms with Gasteiger partial charge in [-0.05, 0) is 54.3 Å². The zero-order valence-corrected chi connectivity index (χ0v) is 12.3. The maximum atomic E-state index is 10.5. The number of hydrogen-bond acceptors (Lipinski definition) is 3. The largest absolute Gasteiger partial charge is 0.496 e. The Hall–Kier alpha value is -2.00. The first kappa shape index (κ1) is 14.4. The van der Waals surface area contributed by atoms with Crippen LogP contribution in [0.3, 0.4) is 0 Å². The Kier molecular flexibility index (Phi) is 4.30. The molecule has 2 aromatic rings. The van der Waals surface area contributed by atoms with Crippen LogP contribution in [-0.4, -0.2) is 19.3 Å². The predicted octanol–water partition coefficient (Wildman–Crippen LogP) is 3.40. The molecule has 1 N–H and O–H groups in total. The van der Waals surface area contributed by atoms with Crippen LogP contribution in [-0.2, 0) is 0 Å². The minimum atomic E-state index is -0.672. The lowest BCUT2D eigenvalue weighted by molar-refractivity contribution is 0.219. The van der Waals surface area contributed by atoms with Crippen LogP contribution in [0.1, 0.15) is 28.4 Å². The Morgan fingerprint density at radius 3 is 2.00 bits per heavy atom. The van der Waals surface area contributed by atoms with Crippen LogP contribution in [0.5, 0.6) is 11.5 Å². The average Bonchev–Trinajstić information content (AvgIpc) is 2.47. The molecule has 0 aliphatic carbocycles. The maximum Gasteiger partial charge on any atom is 0.122 e. The molecule has 3 nitrogen and oxygen atoms in total. The molecule has 20 heavy (non-hydrogen) atoms. The molecule has 3 heteroatoms. The van der Waals surface area contributed by atoms with Crippen molar-refractivity contribution >= 4 is 0 Å². The monoisotopic (exact) mass is 272 g/mol. The van der Waals surface area contributed by atoms with E-state index >= 15 is 0 Å². The van der Waals surface area contributed by atoms with Gasteiger partial charge in [0, 0.05) is 0 Å². The molecule has 2 aromatic carbocycles. The summed E-state index contributed by atoms with van der Waals surface area (Å²) in [6.45, 7) is 3.94. The van der Waals surface area contributed by atoms with Crippen LogP contribution in [0.2, 0.25) is 0 Å². The van der Waals surface area contributed by atoms with Crippen molar-refractivity contribution in [2.45, 2.75) is 20.0 Å². The smallest absolute Gasteiger partial charge is 0.122 e. The van der Waals surface area contributed by atoms with E-state index in [0.29, 0.717) is 0 Å². The predicted molar refractivity (Wildman–Crippen MR) is 79.5 cm³/mol. The normalized spacial score (nSPS) is 12.1. The van der Waals surface area contributed by atoms with Crippen molar-refractivity contribution in [1.82, 2.24) is 0 Å². The SMILES string of the molecule is COc1ccc(C(O)c2ccc(C)c(OC)c2)cc1C. The molecule has 0 aliphatic heterocycles. The molecule has 106 valence electrons. The van der Waals surface area contributed by atoms with Gasteiger partial charge in [-0.2, -0.15) is 0 Å². The topological polar surface area (TPSA) is 38.7 Å². The molecule has 0 spiro atoms.